The first-order valence-corrected chi connectivity index (χ1v) is 4.71. The van der Waals surface area contributed by atoms with Crippen molar-refractivity contribution in [3.63, 3.8) is 0 Å². The Morgan fingerprint density at radius 2 is 2.46 bits per heavy atom. The number of thiophene rings is 1. The summed E-state index contributed by atoms with van der Waals surface area (Å²) in [5, 5.41) is 14.8. The molecular formula is C8H8N2O2S. The highest BCUT2D eigenvalue weighted by atomic mass is 32.1. The quantitative estimate of drug-likeness (QED) is 0.796. The summed E-state index contributed by atoms with van der Waals surface area (Å²) in [6, 6.07) is 3.82. The fourth-order valence-electron chi connectivity index (χ4n) is 0.911. The molecule has 1 N–H and O–H groups in total. The van der Waals surface area contributed by atoms with E-state index in [0.717, 1.165) is 4.88 Å². The molecule has 4 nitrogen and oxygen atoms in total. The van der Waals surface area contributed by atoms with Gasteiger partial charge in [0.25, 0.3) is 5.89 Å². The monoisotopic (exact) mass is 196 g/mol. The summed E-state index contributed by atoms with van der Waals surface area (Å²) in [4.78, 5) is 4.98. The van der Waals surface area contributed by atoms with E-state index < -0.39 is 6.10 Å². The first-order valence-electron chi connectivity index (χ1n) is 3.83. The fraction of sp³-hybridized carbons (Fsp3) is 0.250. The van der Waals surface area contributed by atoms with Crippen molar-refractivity contribution in [3.05, 3.63) is 23.4 Å². The van der Waals surface area contributed by atoms with Gasteiger partial charge in [0.2, 0.25) is 5.82 Å². The van der Waals surface area contributed by atoms with Crippen LogP contribution in [0.4, 0.5) is 0 Å². The average molecular weight is 196 g/mol. The van der Waals surface area contributed by atoms with Crippen molar-refractivity contribution in [3.8, 4) is 10.7 Å². The highest BCUT2D eigenvalue weighted by molar-refractivity contribution is 7.13. The van der Waals surface area contributed by atoms with Crippen LogP contribution in [0.15, 0.2) is 22.0 Å². The van der Waals surface area contributed by atoms with Gasteiger partial charge in [-0.3, -0.25) is 0 Å². The minimum absolute atomic E-state index is 0.253. The van der Waals surface area contributed by atoms with Gasteiger partial charge in [-0.25, -0.2) is 0 Å². The number of nitrogens with zero attached hydrogens (tertiary/aromatic N) is 2. The molecule has 1 atom stereocenters. The van der Waals surface area contributed by atoms with Crippen molar-refractivity contribution in [2.24, 2.45) is 0 Å². The molecule has 0 bridgehead atoms. The highest BCUT2D eigenvalue weighted by Gasteiger charge is 2.12. The number of aromatic nitrogens is 2. The molecule has 0 amide bonds. The van der Waals surface area contributed by atoms with Crippen LogP contribution in [0.5, 0.6) is 0 Å². The zero-order valence-corrected chi connectivity index (χ0v) is 7.78. The molecule has 0 saturated heterocycles. The molecule has 0 spiro atoms. The molecule has 2 heterocycles. The number of aliphatic hydroxyl groups excluding tert-OH is 1. The van der Waals surface area contributed by atoms with Crippen LogP contribution in [0.1, 0.15) is 18.9 Å². The maximum Gasteiger partial charge on any atom is 0.255 e. The number of hydrogen-bond donors (Lipinski definition) is 1. The normalized spacial score (nSPS) is 13.1. The van der Waals surface area contributed by atoms with Crippen LogP contribution >= 0.6 is 11.3 Å². The third-order valence-corrected chi connectivity index (χ3v) is 2.41. The van der Waals surface area contributed by atoms with E-state index in [1.807, 2.05) is 17.5 Å². The van der Waals surface area contributed by atoms with Gasteiger partial charge in [0.15, 0.2) is 0 Å². The van der Waals surface area contributed by atoms with Crippen LogP contribution < -0.4 is 0 Å². The van der Waals surface area contributed by atoms with Crippen molar-refractivity contribution in [1.82, 2.24) is 10.1 Å². The molecule has 2 aromatic rings. The lowest BCUT2D eigenvalue weighted by molar-refractivity contribution is 0.152. The summed E-state index contributed by atoms with van der Waals surface area (Å²) in [7, 11) is 0. The van der Waals surface area contributed by atoms with Crippen LogP contribution in [-0.2, 0) is 0 Å². The Hall–Kier alpha value is -1.20. The predicted molar refractivity (Wildman–Crippen MR) is 48.2 cm³/mol. The predicted octanol–water partition coefficient (Wildman–Crippen LogP) is 1.85. The Morgan fingerprint density at radius 3 is 3.00 bits per heavy atom. The van der Waals surface area contributed by atoms with Crippen molar-refractivity contribution in [1.29, 1.82) is 0 Å². The molecule has 0 aliphatic heterocycles. The number of aliphatic hydroxyl groups is 1. The topological polar surface area (TPSA) is 59.2 Å². The van der Waals surface area contributed by atoms with Gasteiger partial charge in [0.05, 0.1) is 4.88 Å². The lowest BCUT2D eigenvalue weighted by Gasteiger charge is -1.91. The smallest absolute Gasteiger partial charge is 0.255 e. The molecule has 0 aromatic carbocycles. The lowest BCUT2D eigenvalue weighted by Crippen LogP contribution is -1.89. The third-order valence-electron chi connectivity index (χ3n) is 1.54. The van der Waals surface area contributed by atoms with Crippen molar-refractivity contribution >= 4 is 11.3 Å². The van der Waals surface area contributed by atoms with Gasteiger partial charge < -0.3 is 9.63 Å². The first-order chi connectivity index (χ1) is 6.27. The lowest BCUT2D eigenvalue weighted by atomic mass is 10.4. The largest absolute Gasteiger partial charge is 0.384 e. The molecule has 0 aliphatic carbocycles. The standard InChI is InChI=1S/C8H8N2O2S/c1-5(11)8-9-7(10-12-8)6-3-2-4-13-6/h2-5,11H,1H3. The van der Waals surface area contributed by atoms with E-state index in [4.69, 9.17) is 9.63 Å². The van der Waals surface area contributed by atoms with Gasteiger partial charge >= 0.3 is 0 Å². The van der Waals surface area contributed by atoms with E-state index >= 15 is 0 Å². The average Bonchev–Trinajstić information content (AvgIpc) is 2.75. The van der Waals surface area contributed by atoms with Gasteiger partial charge in [-0.2, -0.15) is 4.98 Å². The van der Waals surface area contributed by atoms with E-state index in [0.29, 0.717) is 5.82 Å². The summed E-state index contributed by atoms with van der Waals surface area (Å²) in [5.41, 5.74) is 0. The van der Waals surface area contributed by atoms with Crippen molar-refractivity contribution in [2.75, 3.05) is 0 Å². The van der Waals surface area contributed by atoms with Gasteiger partial charge in [0.1, 0.15) is 6.10 Å². The third kappa shape index (κ3) is 1.61. The van der Waals surface area contributed by atoms with Gasteiger partial charge in [-0.1, -0.05) is 11.2 Å². The zero-order chi connectivity index (χ0) is 9.26. The summed E-state index contributed by atoms with van der Waals surface area (Å²) in [6.45, 7) is 1.59. The molecule has 1 unspecified atom stereocenters. The van der Waals surface area contributed by atoms with Crippen molar-refractivity contribution < 1.29 is 9.63 Å². The van der Waals surface area contributed by atoms with E-state index in [-0.39, 0.29) is 5.89 Å². The summed E-state index contributed by atoms with van der Waals surface area (Å²) in [5.74, 6) is 0.786. The summed E-state index contributed by atoms with van der Waals surface area (Å²) >= 11 is 1.53. The molecule has 0 saturated carbocycles. The molecule has 0 radical (unpaired) electrons. The van der Waals surface area contributed by atoms with Crippen LogP contribution in [0.25, 0.3) is 10.7 Å². The Kier molecular flexibility index (Phi) is 2.12. The number of hydrogen-bond acceptors (Lipinski definition) is 5. The Morgan fingerprint density at radius 1 is 1.62 bits per heavy atom. The molecule has 2 aromatic heterocycles. The Labute approximate surface area is 78.8 Å². The first kappa shape index (κ1) is 8.40. The fourth-order valence-corrected chi connectivity index (χ4v) is 1.56. The molecule has 0 aliphatic rings. The molecule has 5 heteroatoms. The van der Waals surface area contributed by atoms with E-state index in [2.05, 4.69) is 10.1 Å². The van der Waals surface area contributed by atoms with E-state index in [9.17, 15) is 0 Å². The van der Waals surface area contributed by atoms with Gasteiger partial charge in [0, 0.05) is 0 Å². The second-order valence-electron chi connectivity index (χ2n) is 2.61. The van der Waals surface area contributed by atoms with E-state index in [1.54, 1.807) is 6.92 Å². The minimum Gasteiger partial charge on any atom is -0.384 e. The van der Waals surface area contributed by atoms with Crippen LogP contribution in [0, 0.1) is 0 Å². The van der Waals surface area contributed by atoms with E-state index in [1.165, 1.54) is 11.3 Å². The Balaban J connectivity index is 2.33. The maximum absolute atomic E-state index is 9.14. The van der Waals surface area contributed by atoms with Crippen molar-refractivity contribution in [2.45, 2.75) is 13.0 Å². The van der Waals surface area contributed by atoms with Gasteiger partial charge in [-0.15, -0.1) is 11.3 Å². The number of rotatable bonds is 2. The molecule has 0 fully saturated rings. The second kappa shape index (κ2) is 3.27. The van der Waals surface area contributed by atoms with Crippen LogP contribution in [-0.4, -0.2) is 15.2 Å². The minimum atomic E-state index is -0.707. The Bertz CT molecular complexity index is 381. The molecule has 13 heavy (non-hydrogen) atoms. The SMILES string of the molecule is CC(O)c1nc(-c2cccs2)no1. The summed E-state index contributed by atoms with van der Waals surface area (Å²) in [6.07, 6.45) is -0.707. The second-order valence-corrected chi connectivity index (χ2v) is 3.56. The zero-order valence-electron chi connectivity index (χ0n) is 6.97. The molecule has 68 valence electrons. The van der Waals surface area contributed by atoms with Crippen LogP contribution in [0.2, 0.25) is 0 Å². The molecule has 2 rings (SSSR count). The molecular weight excluding hydrogens is 188 g/mol. The highest BCUT2D eigenvalue weighted by Crippen LogP contribution is 2.22. The summed E-state index contributed by atoms with van der Waals surface area (Å²) < 4.78 is 4.85. The van der Waals surface area contributed by atoms with Crippen LogP contribution in [0.3, 0.4) is 0 Å². The maximum atomic E-state index is 9.14. The van der Waals surface area contributed by atoms with Gasteiger partial charge in [-0.05, 0) is 18.4 Å².